The highest BCUT2D eigenvalue weighted by molar-refractivity contribution is 6.35. The Labute approximate surface area is 96.5 Å². The third kappa shape index (κ3) is 2.29. The van der Waals surface area contributed by atoms with Gasteiger partial charge in [-0.3, -0.25) is 9.59 Å². The molecule has 0 atom stereocenters. The van der Waals surface area contributed by atoms with Crippen LogP contribution in [0.4, 0.5) is 0 Å². The van der Waals surface area contributed by atoms with Gasteiger partial charge in [-0.2, -0.15) is 0 Å². The molecular weight excluding hydrogens is 230 g/mol. The maximum absolute atomic E-state index is 11.4. The average Bonchev–Trinajstić information content (AvgIpc) is 2.36. The number of carbonyl (C=O) groups is 1. The Bertz CT molecular complexity index is 563. The van der Waals surface area contributed by atoms with Crippen molar-refractivity contribution in [2.24, 2.45) is 0 Å². The number of nitrogens with one attached hydrogen (secondary N) is 1. The minimum atomic E-state index is -0.242. The van der Waals surface area contributed by atoms with Crippen LogP contribution in [0, 0.1) is 0 Å². The largest absolute Gasteiger partial charge is 0.400 e. The van der Waals surface area contributed by atoms with Crippen LogP contribution in [-0.4, -0.2) is 23.5 Å². The third-order valence-electron chi connectivity index (χ3n) is 2.01. The predicted octanol–water partition coefficient (Wildman–Crippen LogP) is 1.60. The molecule has 16 heavy (non-hydrogen) atoms. The number of halogens is 1. The van der Waals surface area contributed by atoms with Gasteiger partial charge in [0.1, 0.15) is 6.29 Å². The Morgan fingerprint density at radius 2 is 2.00 bits per heavy atom. The fourth-order valence-electron chi connectivity index (χ4n) is 1.32. The molecule has 2 rings (SSSR count). The molecule has 84 valence electrons. The van der Waals surface area contributed by atoms with E-state index in [1.54, 1.807) is 12.1 Å². The second kappa shape index (κ2) is 5.44. The van der Waals surface area contributed by atoms with E-state index >= 15 is 0 Å². The van der Waals surface area contributed by atoms with Crippen LogP contribution in [0.1, 0.15) is 10.4 Å². The van der Waals surface area contributed by atoms with E-state index in [0.29, 0.717) is 27.6 Å². The predicted molar refractivity (Wildman–Crippen MR) is 63.1 cm³/mol. The van der Waals surface area contributed by atoms with E-state index in [4.69, 9.17) is 16.7 Å². The molecule has 0 fully saturated rings. The molecule has 4 nitrogen and oxygen atoms in total. The Morgan fingerprint density at radius 3 is 2.62 bits per heavy atom. The summed E-state index contributed by atoms with van der Waals surface area (Å²) in [7, 11) is 1.00. The number of aromatic amines is 1. The second-order valence-corrected chi connectivity index (χ2v) is 3.30. The second-order valence-electron chi connectivity index (χ2n) is 2.89. The zero-order valence-corrected chi connectivity index (χ0v) is 9.28. The van der Waals surface area contributed by atoms with E-state index in [1.165, 1.54) is 12.3 Å². The molecular formula is C11H10ClNO3. The van der Waals surface area contributed by atoms with E-state index in [2.05, 4.69) is 4.98 Å². The molecule has 0 saturated carbocycles. The Morgan fingerprint density at radius 1 is 1.31 bits per heavy atom. The van der Waals surface area contributed by atoms with Crippen LogP contribution in [0.25, 0.3) is 10.8 Å². The zero-order valence-electron chi connectivity index (χ0n) is 8.53. The molecule has 1 aromatic heterocycles. The maximum Gasteiger partial charge on any atom is 0.255 e. The summed E-state index contributed by atoms with van der Waals surface area (Å²) in [6, 6.07) is 4.81. The maximum atomic E-state index is 11.4. The quantitative estimate of drug-likeness (QED) is 0.743. The van der Waals surface area contributed by atoms with Crippen LogP contribution in [0.15, 0.2) is 29.2 Å². The number of fused-ring (bicyclic) bond motifs is 1. The summed E-state index contributed by atoms with van der Waals surface area (Å²) in [6.07, 6.45) is 2.13. The first-order valence-electron chi connectivity index (χ1n) is 4.43. The van der Waals surface area contributed by atoms with Gasteiger partial charge in [0, 0.05) is 29.6 Å². The fraction of sp³-hybridized carbons (Fsp3) is 0.0909. The van der Waals surface area contributed by atoms with Crippen molar-refractivity contribution < 1.29 is 9.90 Å². The summed E-state index contributed by atoms with van der Waals surface area (Å²) in [4.78, 5) is 24.4. The first-order chi connectivity index (χ1) is 7.72. The van der Waals surface area contributed by atoms with E-state index in [0.717, 1.165) is 7.11 Å². The number of pyridine rings is 1. The molecule has 0 aliphatic heterocycles. The Hall–Kier alpha value is -1.65. The van der Waals surface area contributed by atoms with Crippen molar-refractivity contribution in [3.63, 3.8) is 0 Å². The van der Waals surface area contributed by atoms with Crippen molar-refractivity contribution >= 4 is 28.7 Å². The van der Waals surface area contributed by atoms with Gasteiger partial charge in [0.15, 0.2) is 0 Å². The molecule has 2 aromatic rings. The number of rotatable bonds is 1. The summed E-state index contributed by atoms with van der Waals surface area (Å²) >= 11 is 5.87. The van der Waals surface area contributed by atoms with E-state index in [-0.39, 0.29) is 5.56 Å². The standard InChI is InChI=1S/C10H6ClNO2.CH4O/c11-9-4-12-10(14)8-3-6(5-13)1-2-7(8)9;1-2/h1-5H,(H,12,14);2H,1H3. The van der Waals surface area contributed by atoms with E-state index in [9.17, 15) is 9.59 Å². The molecule has 0 unspecified atom stereocenters. The topological polar surface area (TPSA) is 70.2 Å². The van der Waals surface area contributed by atoms with Gasteiger partial charge in [0.25, 0.3) is 5.56 Å². The van der Waals surface area contributed by atoms with Gasteiger partial charge in [0.05, 0.1) is 5.02 Å². The first kappa shape index (κ1) is 12.4. The van der Waals surface area contributed by atoms with Gasteiger partial charge in [-0.05, 0) is 6.07 Å². The zero-order chi connectivity index (χ0) is 12.1. The van der Waals surface area contributed by atoms with Crippen LogP contribution in [0.2, 0.25) is 5.02 Å². The first-order valence-corrected chi connectivity index (χ1v) is 4.81. The van der Waals surface area contributed by atoms with Crippen molar-refractivity contribution in [1.29, 1.82) is 0 Å². The molecule has 0 saturated heterocycles. The third-order valence-corrected chi connectivity index (χ3v) is 2.32. The minimum Gasteiger partial charge on any atom is -0.400 e. The number of carbonyl (C=O) groups excluding carboxylic acids is 1. The molecule has 1 aromatic carbocycles. The number of H-pyrrole nitrogens is 1. The number of aromatic nitrogens is 1. The fourth-order valence-corrected chi connectivity index (χ4v) is 1.54. The van der Waals surface area contributed by atoms with Crippen molar-refractivity contribution in [3.8, 4) is 0 Å². The van der Waals surface area contributed by atoms with Gasteiger partial charge < -0.3 is 10.1 Å². The number of aliphatic hydroxyl groups excluding tert-OH is 1. The Balaban J connectivity index is 0.000000606. The van der Waals surface area contributed by atoms with Crippen molar-refractivity contribution in [1.82, 2.24) is 4.98 Å². The molecule has 0 aliphatic carbocycles. The SMILES string of the molecule is CO.O=Cc1ccc2c(Cl)c[nH]c(=O)c2c1. The summed E-state index contributed by atoms with van der Waals surface area (Å²) in [6.45, 7) is 0. The normalized spacial score (nSPS) is 9.44. The van der Waals surface area contributed by atoms with Crippen molar-refractivity contribution in [2.75, 3.05) is 7.11 Å². The van der Waals surface area contributed by atoms with E-state index in [1.807, 2.05) is 0 Å². The van der Waals surface area contributed by atoms with E-state index < -0.39 is 0 Å². The summed E-state index contributed by atoms with van der Waals surface area (Å²) in [5, 5.41) is 8.56. The lowest BCUT2D eigenvalue weighted by atomic mass is 10.1. The number of aliphatic hydroxyl groups is 1. The van der Waals surface area contributed by atoms with Crippen LogP contribution < -0.4 is 5.56 Å². The molecule has 5 heteroatoms. The van der Waals surface area contributed by atoms with Crippen LogP contribution in [0.3, 0.4) is 0 Å². The summed E-state index contributed by atoms with van der Waals surface area (Å²) in [5.74, 6) is 0. The van der Waals surface area contributed by atoms with Crippen LogP contribution in [0.5, 0.6) is 0 Å². The monoisotopic (exact) mass is 239 g/mol. The highest BCUT2D eigenvalue weighted by Crippen LogP contribution is 2.19. The number of aldehydes is 1. The lowest BCUT2D eigenvalue weighted by Crippen LogP contribution is -2.05. The number of hydrogen-bond acceptors (Lipinski definition) is 3. The van der Waals surface area contributed by atoms with Gasteiger partial charge in [-0.1, -0.05) is 23.7 Å². The molecule has 0 spiro atoms. The molecule has 1 heterocycles. The highest BCUT2D eigenvalue weighted by Gasteiger charge is 2.03. The molecule has 0 aliphatic rings. The lowest BCUT2D eigenvalue weighted by Gasteiger charge is -1.99. The number of hydrogen-bond donors (Lipinski definition) is 2. The van der Waals surface area contributed by atoms with Gasteiger partial charge in [-0.25, -0.2) is 0 Å². The molecule has 0 amide bonds. The molecule has 0 bridgehead atoms. The van der Waals surface area contributed by atoms with Crippen LogP contribution in [-0.2, 0) is 0 Å². The van der Waals surface area contributed by atoms with Gasteiger partial charge in [0.2, 0.25) is 0 Å². The highest BCUT2D eigenvalue weighted by atomic mass is 35.5. The molecule has 0 radical (unpaired) electrons. The average molecular weight is 240 g/mol. The van der Waals surface area contributed by atoms with Crippen molar-refractivity contribution in [2.45, 2.75) is 0 Å². The van der Waals surface area contributed by atoms with Crippen molar-refractivity contribution in [3.05, 3.63) is 45.3 Å². The lowest BCUT2D eigenvalue weighted by molar-refractivity contribution is 0.112. The smallest absolute Gasteiger partial charge is 0.255 e. The van der Waals surface area contributed by atoms with Gasteiger partial charge >= 0.3 is 0 Å². The Kier molecular flexibility index (Phi) is 4.22. The van der Waals surface area contributed by atoms with Gasteiger partial charge in [-0.15, -0.1) is 0 Å². The molecule has 2 N–H and O–H groups in total. The minimum absolute atomic E-state index is 0.242. The summed E-state index contributed by atoms with van der Waals surface area (Å²) < 4.78 is 0. The summed E-state index contributed by atoms with van der Waals surface area (Å²) in [5.41, 5.74) is 0.221. The van der Waals surface area contributed by atoms with Crippen LogP contribution >= 0.6 is 11.6 Å². The number of benzene rings is 1.